The Balaban J connectivity index is 0. The summed E-state index contributed by atoms with van der Waals surface area (Å²) in [6, 6.07) is 0. The SMILES string of the molecule is O.[O]=[Al][O][Al]=[O]. The van der Waals surface area contributed by atoms with Gasteiger partial charge in [-0.2, -0.15) is 0 Å². The fourth-order valence-electron chi connectivity index (χ4n) is 0.0227. The van der Waals surface area contributed by atoms with Gasteiger partial charge in [-0.25, -0.2) is 0 Å². The maximum atomic E-state index is 9.21. The van der Waals surface area contributed by atoms with E-state index in [1.54, 1.807) is 0 Å². The van der Waals surface area contributed by atoms with Crippen molar-refractivity contribution in [2.75, 3.05) is 0 Å². The second-order valence-corrected chi connectivity index (χ2v) is 1.80. The molecule has 2 N–H and O–H groups in total. The summed E-state index contributed by atoms with van der Waals surface area (Å²) < 4.78 is 22.3. The van der Waals surface area contributed by atoms with Crippen molar-refractivity contribution in [2.24, 2.45) is 0 Å². The van der Waals surface area contributed by atoms with E-state index in [1.165, 1.54) is 0 Å². The summed E-state index contributed by atoms with van der Waals surface area (Å²) in [7, 11) is 0. The van der Waals surface area contributed by atoms with Gasteiger partial charge in [0, 0.05) is 0 Å². The first kappa shape index (κ1) is 9.66. The van der Waals surface area contributed by atoms with Crippen LogP contribution in [0.2, 0.25) is 0 Å². The molecule has 0 rings (SSSR count). The zero-order valence-corrected chi connectivity index (χ0v) is 5.19. The van der Waals surface area contributed by atoms with Crippen molar-refractivity contribution in [2.45, 2.75) is 0 Å². The Hall–Kier alpha value is 0.425. The first-order valence-corrected chi connectivity index (χ1v) is 2.83. The zero-order chi connectivity index (χ0) is 4.12. The molecule has 0 unspecified atom stereocenters. The topological polar surface area (TPSA) is 74.9 Å². The maximum absolute atomic E-state index is 9.21. The Morgan fingerprint density at radius 1 is 1.17 bits per heavy atom. The van der Waals surface area contributed by atoms with Gasteiger partial charge in [0.05, 0.1) is 0 Å². The molecule has 0 saturated carbocycles. The van der Waals surface area contributed by atoms with Crippen LogP contribution in [0.1, 0.15) is 0 Å². The zero-order valence-electron chi connectivity index (χ0n) is 2.88. The molecule has 0 saturated heterocycles. The first-order chi connectivity index (χ1) is 2.41. The molecular weight excluding hydrogens is 118 g/mol. The van der Waals surface area contributed by atoms with Gasteiger partial charge in [-0.3, -0.25) is 0 Å². The van der Waals surface area contributed by atoms with Crippen LogP contribution < -0.4 is 0 Å². The standard InChI is InChI=1S/2Al.H2O.3O/h;;1H2;;;. The number of hydrogen-bond acceptors (Lipinski definition) is 3. The van der Waals surface area contributed by atoms with Crippen LogP contribution in [-0.4, -0.2) is 36.5 Å². The molecule has 0 bridgehead atoms. The molecule has 0 spiro atoms. The monoisotopic (exact) mass is 120 g/mol. The molecule has 0 aromatic rings. The Morgan fingerprint density at radius 3 is 1.50 bits per heavy atom. The third-order valence-electron chi connectivity index (χ3n) is 0.111. The number of rotatable bonds is 2. The predicted octanol–water partition coefficient (Wildman–Crippen LogP) is -1.89. The van der Waals surface area contributed by atoms with Gasteiger partial charge in [0.1, 0.15) is 0 Å². The van der Waals surface area contributed by atoms with Crippen molar-refractivity contribution in [3.63, 3.8) is 0 Å². The summed E-state index contributed by atoms with van der Waals surface area (Å²) in [6.45, 7) is 0. The molecule has 0 aromatic carbocycles. The van der Waals surface area contributed by atoms with Crippen molar-refractivity contribution in [3.8, 4) is 0 Å². The molecule has 0 aliphatic rings. The van der Waals surface area contributed by atoms with E-state index in [0.717, 1.165) is 0 Å². The van der Waals surface area contributed by atoms with E-state index in [0.29, 0.717) is 0 Å². The minimum absolute atomic E-state index is 0. The second-order valence-electron chi connectivity index (χ2n) is 0.329. The fourth-order valence-corrected chi connectivity index (χ4v) is 0.204. The van der Waals surface area contributed by atoms with Crippen LogP contribution in [0.4, 0.5) is 0 Å². The third-order valence-corrected chi connectivity index (χ3v) is 1.00. The van der Waals surface area contributed by atoms with Gasteiger partial charge in [0.2, 0.25) is 0 Å². The van der Waals surface area contributed by atoms with Crippen LogP contribution in [0, 0.1) is 0 Å². The summed E-state index contributed by atoms with van der Waals surface area (Å²) in [4.78, 5) is 0. The molecule has 0 fully saturated rings. The fraction of sp³-hybridized carbons (Fsp3) is 0. The van der Waals surface area contributed by atoms with E-state index in [9.17, 15) is 7.61 Å². The Kier molecular flexibility index (Phi) is 14.6. The van der Waals surface area contributed by atoms with Crippen molar-refractivity contribution < 1.29 is 15.9 Å². The van der Waals surface area contributed by atoms with E-state index >= 15 is 0 Å². The average Bonchev–Trinajstić information content (AvgIpc) is 1.41. The van der Waals surface area contributed by atoms with Crippen LogP contribution >= 0.6 is 0 Å². The van der Waals surface area contributed by atoms with Gasteiger partial charge < -0.3 is 5.48 Å². The molecule has 0 amide bonds. The van der Waals surface area contributed by atoms with Gasteiger partial charge in [-0.1, -0.05) is 0 Å². The molecule has 0 heterocycles. The molecule has 0 aliphatic carbocycles. The van der Waals surface area contributed by atoms with Crippen LogP contribution in [-0.2, 0) is 10.4 Å². The van der Waals surface area contributed by atoms with E-state index < -0.39 is 31.0 Å². The first-order valence-electron chi connectivity index (χ1n) is 0.943. The van der Waals surface area contributed by atoms with Gasteiger partial charge >= 0.3 is 41.4 Å². The average molecular weight is 120 g/mol. The van der Waals surface area contributed by atoms with Crippen LogP contribution in [0.5, 0.6) is 0 Å². The van der Waals surface area contributed by atoms with E-state index in [4.69, 9.17) is 0 Å². The molecule has 0 aliphatic heterocycles. The summed E-state index contributed by atoms with van der Waals surface area (Å²) >= 11 is -2.48. The van der Waals surface area contributed by atoms with E-state index in [-0.39, 0.29) is 5.48 Å². The van der Waals surface area contributed by atoms with Crippen molar-refractivity contribution in [3.05, 3.63) is 0 Å². The summed E-state index contributed by atoms with van der Waals surface area (Å²) in [5.74, 6) is 0. The van der Waals surface area contributed by atoms with Crippen LogP contribution in [0.3, 0.4) is 0 Å². The summed E-state index contributed by atoms with van der Waals surface area (Å²) in [5.41, 5.74) is 0. The van der Waals surface area contributed by atoms with Crippen LogP contribution in [0.15, 0.2) is 0 Å². The van der Waals surface area contributed by atoms with Gasteiger partial charge in [0.15, 0.2) is 0 Å². The summed E-state index contributed by atoms with van der Waals surface area (Å²) in [5, 5.41) is 0. The van der Waals surface area contributed by atoms with Gasteiger partial charge in [-0.05, 0) is 0 Å². The third kappa shape index (κ3) is 8.83. The molecule has 0 aromatic heterocycles. The van der Waals surface area contributed by atoms with Crippen molar-refractivity contribution >= 4 is 31.0 Å². The second kappa shape index (κ2) is 9.06. The molecule has 0 atom stereocenters. The minimum atomic E-state index is -1.24. The normalized spacial score (nSPS) is 3.33. The molecule has 0 radical (unpaired) electrons. The molecular formula is H2Al2O4. The van der Waals surface area contributed by atoms with Crippen LogP contribution in [0.25, 0.3) is 0 Å². The van der Waals surface area contributed by atoms with E-state index in [2.05, 4.69) is 2.84 Å². The quantitative estimate of drug-likeness (QED) is 0.399. The molecule has 32 valence electrons. The molecule has 6 heteroatoms. The van der Waals surface area contributed by atoms with E-state index in [1.807, 2.05) is 0 Å². The Morgan fingerprint density at radius 2 is 1.50 bits per heavy atom. The van der Waals surface area contributed by atoms with Gasteiger partial charge in [-0.15, -0.1) is 0 Å². The summed E-state index contributed by atoms with van der Waals surface area (Å²) in [6.07, 6.45) is 0. The Labute approximate surface area is 47.3 Å². The van der Waals surface area contributed by atoms with Crippen molar-refractivity contribution in [1.29, 1.82) is 0 Å². The molecule has 6 heavy (non-hydrogen) atoms. The van der Waals surface area contributed by atoms with Crippen molar-refractivity contribution in [1.82, 2.24) is 0 Å². The Bertz CT molecular complexity index is 34.8. The number of hydrogen-bond donors (Lipinski definition) is 0. The predicted molar refractivity (Wildman–Crippen MR) is 17.6 cm³/mol. The van der Waals surface area contributed by atoms with Gasteiger partial charge in [0.25, 0.3) is 0 Å². The molecule has 4 nitrogen and oxygen atoms in total.